The minimum absolute atomic E-state index is 0.199. The minimum atomic E-state index is 0.199. The highest BCUT2D eigenvalue weighted by Gasteiger charge is 2.44. The summed E-state index contributed by atoms with van der Waals surface area (Å²) in [6, 6.07) is 0.486. The number of nitrogens with zero attached hydrogens (tertiary/aromatic N) is 2. The Hall–Kier alpha value is -0.900. The van der Waals surface area contributed by atoms with E-state index in [9.17, 15) is 4.79 Å². The van der Waals surface area contributed by atoms with Gasteiger partial charge in [0.05, 0.1) is 5.01 Å². The molecule has 1 aromatic rings. The van der Waals surface area contributed by atoms with Crippen LogP contribution in [0, 0.1) is 31.6 Å². The first-order chi connectivity index (χ1) is 9.60. The lowest BCUT2D eigenvalue weighted by atomic mass is 9.68. The van der Waals surface area contributed by atoms with Crippen molar-refractivity contribution in [1.29, 1.82) is 0 Å². The largest absolute Gasteiger partial charge is 0.334 e. The fourth-order valence-corrected chi connectivity index (χ4v) is 5.71. The summed E-state index contributed by atoms with van der Waals surface area (Å²) < 4.78 is 0. The molecule has 5 rings (SSSR count). The summed E-state index contributed by atoms with van der Waals surface area (Å²) in [5.74, 6) is 2.71. The van der Waals surface area contributed by atoms with Gasteiger partial charge in [0.2, 0.25) is 0 Å². The van der Waals surface area contributed by atoms with Crippen LogP contribution in [0.2, 0.25) is 0 Å². The first kappa shape index (κ1) is 12.8. The summed E-state index contributed by atoms with van der Waals surface area (Å²) in [5.41, 5.74) is 0.716. The van der Waals surface area contributed by atoms with Crippen LogP contribution >= 0.6 is 11.3 Å². The van der Waals surface area contributed by atoms with Crippen molar-refractivity contribution < 1.29 is 4.79 Å². The van der Waals surface area contributed by atoms with E-state index >= 15 is 0 Å². The number of hydrogen-bond acceptors (Lipinski definition) is 3. The Morgan fingerprint density at radius 1 is 1.10 bits per heavy atom. The average molecular weight is 290 g/mol. The van der Waals surface area contributed by atoms with Crippen LogP contribution < -0.4 is 0 Å². The predicted octanol–water partition coefficient (Wildman–Crippen LogP) is 3.41. The zero-order valence-corrected chi connectivity index (χ0v) is 13.1. The van der Waals surface area contributed by atoms with Crippen LogP contribution in [0.4, 0.5) is 0 Å². The first-order valence-corrected chi connectivity index (χ1v) is 8.66. The molecule has 1 aromatic heterocycles. The van der Waals surface area contributed by atoms with Gasteiger partial charge in [0.25, 0.3) is 5.91 Å². The van der Waals surface area contributed by atoms with E-state index in [1.165, 1.54) is 32.1 Å². The standard InChI is InChI=1S/C16H22N2OS/c1-9-15(17-10(2)20-9)16(19)18-8-13-4-11-3-12(5-13)7-14(18)6-11/h11-14H,3-8H2,1-2H3. The topological polar surface area (TPSA) is 33.2 Å². The van der Waals surface area contributed by atoms with Crippen LogP contribution in [-0.4, -0.2) is 28.4 Å². The zero-order chi connectivity index (χ0) is 13.9. The number of rotatable bonds is 1. The van der Waals surface area contributed by atoms with Gasteiger partial charge in [0.1, 0.15) is 5.69 Å². The smallest absolute Gasteiger partial charge is 0.273 e. The maximum absolute atomic E-state index is 12.9. The molecule has 108 valence electrons. The van der Waals surface area contributed by atoms with Crippen LogP contribution in [0.3, 0.4) is 0 Å². The summed E-state index contributed by atoms with van der Waals surface area (Å²) in [4.78, 5) is 20.7. The van der Waals surface area contributed by atoms with Gasteiger partial charge in [-0.3, -0.25) is 4.79 Å². The van der Waals surface area contributed by atoms with Crippen LogP contribution in [0.5, 0.6) is 0 Å². The molecule has 0 aromatic carbocycles. The molecule has 2 unspecified atom stereocenters. The third-order valence-electron chi connectivity index (χ3n) is 5.47. The van der Waals surface area contributed by atoms with E-state index in [0.717, 1.165) is 34.2 Å². The summed E-state index contributed by atoms with van der Waals surface area (Å²) in [6.07, 6.45) is 6.60. The zero-order valence-electron chi connectivity index (χ0n) is 12.3. The van der Waals surface area contributed by atoms with Crippen molar-refractivity contribution >= 4 is 17.2 Å². The van der Waals surface area contributed by atoms with Crippen molar-refractivity contribution in [3.05, 3.63) is 15.6 Å². The molecular weight excluding hydrogens is 268 g/mol. The summed E-state index contributed by atoms with van der Waals surface area (Å²) in [6.45, 7) is 5.00. The van der Waals surface area contributed by atoms with E-state index in [4.69, 9.17) is 0 Å². The van der Waals surface area contributed by atoms with E-state index in [-0.39, 0.29) is 5.91 Å². The van der Waals surface area contributed by atoms with Crippen LogP contribution in [0.1, 0.15) is 52.5 Å². The number of fused-ring (bicyclic) bond motifs is 1. The lowest BCUT2D eigenvalue weighted by Crippen LogP contribution is -2.42. The summed E-state index contributed by atoms with van der Waals surface area (Å²) in [7, 11) is 0. The number of aryl methyl sites for hydroxylation is 2. The Morgan fingerprint density at radius 3 is 2.35 bits per heavy atom. The monoisotopic (exact) mass is 290 g/mol. The maximum atomic E-state index is 12.9. The Bertz CT molecular complexity index is 539. The van der Waals surface area contributed by atoms with E-state index in [1.807, 2.05) is 13.8 Å². The molecule has 1 amide bonds. The van der Waals surface area contributed by atoms with E-state index < -0.39 is 0 Å². The molecule has 0 spiro atoms. The molecule has 3 nitrogen and oxygen atoms in total. The number of hydrogen-bond donors (Lipinski definition) is 0. The molecule has 2 saturated carbocycles. The van der Waals surface area contributed by atoms with Gasteiger partial charge in [-0.1, -0.05) is 0 Å². The lowest BCUT2D eigenvalue weighted by molar-refractivity contribution is 0.0626. The molecule has 4 heteroatoms. The normalized spacial score (nSPS) is 35.4. The average Bonchev–Trinajstić information content (AvgIpc) is 2.60. The van der Waals surface area contributed by atoms with Gasteiger partial charge in [0, 0.05) is 17.5 Å². The van der Waals surface area contributed by atoms with Crippen molar-refractivity contribution in [1.82, 2.24) is 9.88 Å². The second kappa shape index (κ2) is 4.55. The molecule has 0 radical (unpaired) electrons. The Kier molecular flexibility index (Phi) is 2.92. The van der Waals surface area contributed by atoms with Gasteiger partial charge >= 0.3 is 0 Å². The molecule has 2 aliphatic heterocycles. The molecule has 3 heterocycles. The molecule has 20 heavy (non-hydrogen) atoms. The fourth-order valence-electron chi connectivity index (χ4n) is 4.90. The highest BCUT2D eigenvalue weighted by molar-refractivity contribution is 7.11. The van der Waals surface area contributed by atoms with E-state index in [0.29, 0.717) is 11.7 Å². The molecule has 2 aliphatic carbocycles. The third kappa shape index (κ3) is 2.00. The van der Waals surface area contributed by atoms with Gasteiger partial charge in [-0.05, 0) is 63.7 Å². The SMILES string of the molecule is Cc1nc(C(=O)N2CC3CC4CC(C3)CC2C4)c(C)s1. The van der Waals surface area contributed by atoms with Gasteiger partial charge in [-0.25, -0.2) is 4.98 Å². The molecule has 4 bridgehead atoms. The van der Waals surface area contributed by atoms with Crippen molar-refractivity contribution in [2.75, 3.05) is 6.54 Å². The third-order valence-corrected chi connectivity index (χ3v) is 6.36. The Labute approximate surface area is 124 Å². The molecule has 4 aliphatic rings. The van der Waals surface area contributed by atoms with Gasteiger partial charge < -0.3 is 4.90 Å². The van der Waals surface area contributed by atoms with E-state index in [2.05, 4.69) is 9.88 Å². The van der Waals surface area contributed by atoms with Gasteiger partial charge in [0.15, 0.2) is 0 Å². The number of aromatic nitrogens is 1. The summed E-state index contributed by atoms with van der Waals surface area (Å²) >= 11 is 1.64. The predicted molar refractivity (Wildman–Crippen MR) is 80.0 cm³/mol. The second-order valence-electron chi connectivity index (χ2n) is 7.03. The highest BCUT2D eigenvalue weighted by atomic mass is 32.1. The maximum Gasteiger partial charge on any atom is 0.273 e. The van der Waals surface area contributed by atoms with Crippen LogP contribution in [0.25, 0.3) is 0 Å². The van der Waals surface area contributed by atoms with Crippen LogP contribution in [-0.2, 0) is 0 Å². The molecular formula is C16H22N2OS. The fraction of sp³-hybridized carbons (Fsp3) is 0.750. The van der Waals surface area contributed by atoms with Gasteiger partial charge in [-0.2, -0.15) is 0 Å². The highest BCUT2D eigenvalue weighted by Crippen LogP contribution is 2.47. The molecule has 4 fully saturated rings. The molecule has 2 saturated heterocycles. The Balaban J connectivity index is 1.65. The Morgan fingerprint density at radius 2 is 1.75 bits per heavy atom. The lowest BCUT2D eigenvalue weighted by Gasteiger charge is -2.38. The van der Waals surface area contributed by atoms with Crippen molar-refractivity contribution in [2.45, 2.75) is 52.0 Å². The first-order valence-electron chi connectivity index (χ1n) is 7.85. The van der Waals surface area contributed by atoms with E-state index in [1.54, 1.807) is 11.3 Å². The second-order valence-corrected chi connectivity index (χ2v) is 8.43. The van der Waals surface area contributed by atoms with Crippen molar-refractivity contribution in [3.63, 3.8) is 0 Å². The van der Waals surface area contributed by atoms with Crippen molar-refractivity contribution in [2.24, 2.45) is 17.8 Å². The van der Waals surface area contributed by atoms with Gasteiger partial charge in [-0.15, -0.1) is 11.3 Å². The number of carbonyl (C=O) groups is 1. The molecule has 0 N–H and O–H groups in total. The molecule has 2 atom stereocenters. The number of carbonyl (C=O) groups excluding carboxylic acids is 1. The quantitative estimate of drug-likeness (QED) is 0.794. The van der Waals surface area contributed by atoms with Crippen LogP contribution in [0.15, 0.2) is 0 Å². The minimum Gasteiger partial charge on any atom is -0.334 e. The summed E-state index contributed by atoms with van der Waals surface area (Å²) in [5, 5.41) is 1.01. The van der Waals surface area contributed by atoms with Crippen molar-refractivity contribution in [3.8, 4) is 0 Å². The number of thiazole rings is 1. The number of amides is 1.